The highest BCUT2D eigenvalue weighted by atomic mass is 32.2. The Labute approximate surface area is 74.1 Å². The predicted octanol–water partition coefficient (Wildman–Crippen LogP) is -0.879. The predicted molar refractivity (Wildman–Crippen MR) is 48.9 cm³/mol. The van der Waals surface area contributed by atoms with Crippen LogP contribution in [0.3, 0.4) is 0 Å². The molecule has 0 amide bonds. The van der Waals surface area contributed by atoms with E-state index in [0.717, 1.165) is 6.42 Å². The molecule has 0 heterocycles. The van der Waals surface area contributed by atoms with Gasteiger partial charge in [0.1, 0.15) is 0 Å². The molecular weight excluding hydrogens is 178 g/mol. The normalized spacial score (nSPS) is 12.3. The summed E-state index contributed by atoms with van der Waals surface area (Å²) >= 11 is 0. The maximum absolute atomic E-state index is 11.2. The highest BCUT2D eigenvalue weighted by Crippen LogP contribution is 1.91. The first-order valence-corrected chi connectivity index (χ1v) is 5.39. The zero-order valence-electron chi connectivity index (χ0n) is 7.58. The lowest BCUT2D eigenvalue weighted by Gasteiger charge is -2.15. The largest absolute Gasteiger partial charge is 0.329 e. The number of likely N-dealkylation sites (N-methyl/N-ethyl adjacent to an activating group) is 1. The van der Waals surface area contributed by atoms with E-state index in [1.165, 1.54) is 11.4 Å². The van der Waals surface area contributed by atoms with Crippen molar-refractivity contribution in [2.24, 2.45) is 5.73 Å². The Balaban J connectivity index is 4.01. The molecule has 0 saturated carbocycles. The molecule has 0 aromatic rings. The van der Waals surface area contributed by atoms with Gasteiger partial charge in [0.2, 0.25) is 0 Å². The Morgan fingerprint density at radius 1 is 1.50 bits per heavy atom. The van der Waals surface area contributed by atoms with Crippen LogP contribution in [0.5, 0.6) is 0 Å². The minimum Gasteiger partial charge on any atom is -0.329 e. The molecule has 0 aliphatic rings. The van der Waals surface area contributed by atoms with Gasteiger partial charge in [-0.3, -0.25) is 0 Å². The molecule has 0 bridgehead atoms. The first-order valence-electron chi connectivity index (χ1n) is 3.95. The minimum atomic E-state index is -3.28. The van der Waals surface area contributed by atoms with Gasteiger partial charge in [-0.05, 0) is 6.42 Å². The smallest absolute Gasteiger partial charge is 0.279 e. The number of rotatable bonds is 6. The van der Waals surface area contributed by atoms with Crippen molar-refractivity contribution in [1.29, 1.82) is 0 Å². The van der Waals surface area contributed by atoms with Crippen molar-refractivity contribution in [2.45, 2.75) is 13.3 Å². The minimum absolute atomic E-state index is 0.337. The zero-order valence-corrected chi connectivity index (χ0v) is 8.39. The molecule has 0 radical (unpaired) electrons. The van der Waals surface area contributed by atoms with E-state index >= 15 is 0 Å². The van der Waals surface area contributed by atoms with Crippen molar-refractivity contribution in [3.63, 3.8) is 0 Å². The van der Waals surface area contributed by atoms with E-state index in [2.05, 4.69) is 4.72 Å². The van der Waals surface area contributed by atoms with Gasteiger partial charge in [-0.25, -0.2) is 4.72 Å². The summed E-state index contributed by atoms with van der Waals surface area (Å²) in [6, 6.07) is 0. The average Bonchev–Trinajstić information content (AvgIpc) is 2.01. The second-order valence-electron chi connectivity index (χ2n) is 2.51. The monoisotopic (exact) mass is 195 g/mol. The second-order valence-corrected chi connectivity index (χ2v) is 4.37. The van der Waals surface area contributed by atoms with E-state index in [1.807, 2.05) is 6.92 Å². The lowest BCUT2D eigenvalue weighted by molar-refractivity contribution is 0.464. The summed E-state index contributed by atoms with van der Waals surface area (Å²) in [7, 11) is -1.78. The SMILES string of the molecule is CCCNS(=O)(=O)N(C)CCN. The summed E-state index contributed by atoms with van der Waals surface area (Å²) in [4.78, 5) is 0. The first kappa shape index (κ1) is 11.8. The van der Waals surface area contributed by atoms with Crippen LogP contribution in [0, 0.1) is 0 Å². The number of hydrogen-bond donors (Lipinski definition) is 2. The van der Waals surface area contributed by atoms with Crippen LogP contribution >= 0.6 is 0 Å². The quantitative estimate of drug-likeness (QED) is 0.578. The topological polar surface area (TPSA) is 75.4 Å². The van der Waals surface area contributed by atoms with Gasteiger partial charge in [0.15, 0.2) is 0 Å². The number of hydrogen-bond acceptors (Lipinski definition) is 3. The molecule has 0 atom stereocenters. The van der Waals surface area contributed by atoms with Crippen LogP contribution in [-0.2, 0) is 10.2 Å². The molecule has 0 aliphatic carbocycles. The molecule has 0 aromatic carbocycles. The Bertz CT molecular complexity index is 203. The molecular formula is C6H17N3O2S. The molecule has 0 spiro atoms. The van der Waals surface area contributed by atoms with Gasteiger partial charge in [0.25, 0.3) is 10.2 Å². The van der Waals surface area contributed by atoms with Crippen LogP contribution in [0.2, 0.25) is 0 Å². The van der Waals surface area contributed by atoms with Gasteiger partial charge in [0, 0.05) is 26.7 Å². The zero-order chi connectivity index (χ0) is 9.61. The van der Waals surface area contributed by atoms with E-state index < -0.39 is 10.2 Å². The van der Waals surface area contributed by atoms with Crippen LogP contribution in [-0.4, -0.2) is 39.4 Å². The van der Waals surface area contributed by atoms with Crippen LogP contribution in [0.4, 0.5) is 0 Å². The van der Waals surface area contributed by atoms with Crippen molar-refractivity contribution in [3.8, 4) is 0 Å². The molecule has 0 saturated heterocycles. The summed E-state index contributed by atoms with van der Waals surface area (Å²) in [5.74, 6) is 0. The summed E-state index contributed by atoms with van der Waals surface area (Å²) in [6.45, 7) is 3.06. The van der Waals surface area contributed by atoms with Gasteiger partial charge >= 0.3 is 0 Å². The summed E-state index contributed by atoms with van der Waals surface area (Å²) in [6.07, 6.45) is 0.787. The molecule has 3 N–H and O–H groups in total. The maximum Gasteiger partial charge on any atom is 0.279 e. The van der Waals surface area contributed by atoms with E-state index in [9.17, 15) is 8.42 Å². The van der Waals surface area contributed by atoms with Gasteiger partial charge < -0.3 is 5.73 Å². The molecule has 0 aromatic heterocycles. The Hall–Kier alpha value is -0.170. The molecule has 12 heavy (non-hydrogen) atoms. The summed E-state index contributed by atoms with van der Waals surface area (Å²) in [5, 5.41) is 0. The molecule has 74 valence electrons. The van der Waals surface area contributed by atoms with E-state index in [4.69, 9.17) is 5.73 Å². The van der Waals surface area contributed by atoms with Crippen LogP contribution in [0.15, 0.2) is 0 Å². The van der Waals surface area contributed by atoms with E-state index in [1.54, 1.807) is 0 Å². The number of nitrogens with zero attached hydrogens (tertiary/aromatic N) is 1. The fourth-order valence-electron chi connectivity index (χ4n) is 0.643. The van der Waals surface area contributed by atoms with Crippen molar-refractivity contribution in [2.75, 3.05) is 26.7 Å². The van der Waals surface area contributed by atoms with Gasteiger partial charge in [-0.1, -0.05) is 6.92 Å². The van der Waals surface area contributed by atoms with Crippen molar-refractivity contribution in [3.05, 3.63) is 0 Å². The van der Waals surface area contributed by atoms with Crippen LogP contribution < -0.4 is 10.5 Å². The lowest BCUT2D eigenvalue weighted by atomic mass is 10.5. The van der Waals surface area contributed by atoms with Gasteiger partial charge in [0.05, 0.1) is 0 Å². The van der Waals surface area contributed by atoms with Gasteiger partial charge in [-0.15, -0.1) is 0 Å². The summed E-state index contributed by atoms with van der Waals surface area (Å²) in [5.41, 5.74) is 5.22. The highest BCUT2D eigenvalue weighted by molar-refractivity contribution is 7.87. The fourth-order valence-corrected chi connectivity index (χ4v) is 1.67. The Morgan fingerprint density at radius 3 is 2.50 bits per heavy atom. The fraction of sp³-hybridized carbons (Fsp3) is 1.00. The Morgan fingerprint density at radius 2 is 2.08 bits per heavy atom. The lowest BCUT2D eigenvalue weighted by Crippen LogP contribution is -2.40. The van der Waals surface area contributed by atoms with Crippen molar-refractivity contribution < 1.29 is 8.42 Å². The van der Waals surface area contributed by atoms with Crippen molar-refractivity contribution in [1.82, 2.24) is 9.03 Å². The molecule has 0 unspecified atom stereocenters. The van der Waals surface area contributed by atoms with E-state index in [0.29, 0.717) is 19.6 Å². The van der Waals surface area contributed by atoms with E-state index in [-0.39, 0.29) is 0 Å². The third-order valence-corrected chi connectivity index (χ3v) is 2.96. The summed E-state index contributed by atoms with van der Waals surface area (Å²) < 4.78 is 26.1. The number of nitrogens with one attached hydrogen (secondary N) is 1. The molecule has 0 rings (SSSR count). The maximum atomic E-state index is 11.2. The standard InChI is InChI=1S/C6H17N3O2S/c1-3-5-8-12(10,11)9(2)6-4-7/h8H,3-7H2,1-2H3. The number of nitrogens with two attached hydrogens (primary N) is 1. The molecule has 6 heteroatoms. The van der Waals surface area contributed by atoms with Crippen LogP contribution in [0.1, 0.15) is 13.3 Å². The van der Waals surface area contributed by atoms with Gasteiger partial charge in [-0.2, -0.15) is 12.7 Å². The Kier molecular flexibility index (Phi) is 5.39. The molecule has 0 aliphatic heterocycles. The highest BCUT2D eigenvalue weighted by Gasteiger charge is 2.14. The molecule has 5 nitrogen and oxygen atoms in total. The van der Waals surface area contributed by atoms with Crippen LogP contribution in [0.25, 0.3) is 0 Å². The second kappa shape index (κ2) is 5.47. The third kappa shape index (κ3) is 4.01. The average molecular weight is 195 g/mol. The van der Waals surface area contributed by atoms with Crippen molar-refractivity contribution >= 4 is 10.2 Å². The third-order valence-electron chi connectivity index (χ3n) is 1.39. The first-order chi connectivity index (χ1) is 5.54. The molecule has 0 fully saturated rings.